The molecule has 4 nitrogen and oxygen atoms in total. The molecule has 12 rings (SSSR count). The second-order valence-corrected chi connectivity index (χ2v) is 16.0. The molecule has 0 radical (unpaired) electrons. The van der Waals surface area contributed by atoms with Gasteiger partial charge in [0.2, 0.25) is 0 Å². The average Bonchev–Trinajstić information content (AvgIpc) is 3.81. The third-order valence-corrected chi connectivity index (χ3v) is 13.0. The van der Waals surface area contributed by atoms with E-state index in [1.807, 2.05) is 54.2 Å². The summed E-state index contributed by atoms with van der Waals surface area (Å²) in [6, 6.07) is 67.4. The summed E-state index contributed by atoms with van der Waals surface area (Å²) in [5.74, 6) is 1.58. The van der Waals surface area contributed by atoms with Crippen molar-refractivity contribution in [1.82, 2.24) is 5.32 Å². The van der Waals surface area contributed by atoms with Crippen LogP contribution in [0.5, 0.6) is 0 Å². The molecule has 8 aromatic carbocycles. The molecule has 3 aliphatic rings. The van der Waals surface area contributed by atoms with E-state index in [-0.39, 0.29) is 0 Å². The summed E-state index contributed by atoms with van der Waals surface area (Å²) in [7, 11) is 0. The molecule has 0 fully saturated rings. The first kappa shape index (κ1) is 32.3. The Bertz CT molecular complexity index is 3040. The highest BCUT2D eigenvalue weighted by molar-refractivity contribution is 7.99. The maximum atomic E-state index is 6.57. The van der Waals surface area contributed by atoms with Crippen LogP contribution in [0.4, 0.5) is 0 Å². The molecule has 57 heavy (non-hydrogen) atoms. The molecule has 0 atom stereocenters. The van der Waals surface area contributed by atoms with Crippen molar-refractivity contribution in [3.63, 3.8) is 0 Å². The van der Waals surface area contributed by atoms with Gasteiger partial charge in [-0.05, 0) is 80.9 Å². The van der Waals surface area contributed by atoms with Crippen LogP contribution in [-0.2, 0) is 5.41 Å². The molecule has 1 aliphatic carbocycles. The number of hydrogen-bond donors (Lipinski definition) is 1. The molecule has 268 valence electrons. The Kier molecular flexibility index (Phi) is 7.10. The van der Waals surface area contributed by atoms with Crippen molar-refractivity contribution in [2.45, 2.75) is 21.4 Å². The van der Waals surface area contributed by atoms with Gasteiger partial charge in [-0.25, -0.2) is 9.98 Å². The molecule has 1 spiro atoms. The SMILES string of the molecule is c1ccc(C2=NC(c3cccc4oc5ccc(-c6ccc7c(c6)C6(c8ccccc8S7)c7ccccc7-c7ccccc76)cc5c34)N=C(c3ccccc3)N2)cc1. The topological polar surface area (TPSA) is 49.9 Å². The number of hydrogen-bond acceptors (Lipinski definition) is 5. The van der Waals surface area contributed by atoms with Crippen molar-refractivity contribution >= 4 is 45.4 Å². The summed E-state index contributed by atoms with van der Waals surface area (Å²) in [5.41, 5.74) is 14.5. The van der Waals surface area contributed by atoms with E-state index in [0.29, 0.717) is 0 Å². The van der Waals surface area contributed by atoms with Crippen LogP contribution in [0.15, 0.2) is 212 Å². The van der Waals surface area contributed by atoms with Crippen LogP contribution in [0.1, 0.15) is 45.1 Å². The van der Waals surface area contributed by atoms with Crippen LogP contribution in [0.25, 0.3) is 44.2 Å². The number of benzene rings is 8. The van der Waals surface area contributed by atoms with Crippen molar-refractivity contribution in [3.8, 4) is 22.3 Å². The number of amidine groups is 2. The van der Waals surface area contributed by atoms with Crippen LogP contribution in [0.2, 0.25) is 0 Å². The Morgan fingerprint density at radius 3 is 1.74 bits per heavy atom. The Labute approximate surface area is 334 Å². The first-order valence-corrected chi connectivity index (χ1v) is 20.2. The minimum absolute atomic E-state index is 0.433. The fraction of sp³-hybridized carbons (Fsp3) is 0.0385. The molecule has 9 aromatic rings. The highest BCUT2D eigenvalue weighted by Gasteiger charge is 2.50. The number of furan rings is 1. The second-order valence-electron chi connectivity index (χ2n) is 14.9. The van der Waals surface area contributed by atoms with E-state index in [4.69, 9.17) is 14.4 Å². The molecule has 0 saturated heterocycles. The van der Waals surface area contributed by atoms with Crippen molar-refractivity contribution in [2.75, 3.05) is 0 Å². The van der Waals surface area contributed by atoms with E-state index in [1.165, 1.54) is 48.7 Å². The summed E-state index contributed by atoms with van der Waals surface area (Å²) in [6.07, 6.45) is -0.479. The average molecular weight is 748 g/mol. The molecule has 3 heterocycles. The van der Waals surface area contributed by atoms with Crippen molar-refractivity contribution in [2.24, 2.45) is 9.98 Å². The quantitative estimate of drug-likeness (QED) is 0.195. The van der Waals surface area contributed by atoms with Gasteiger partial charge >= 0.3 is 0 Å². The second kappa shape index (κ2) is 12.5. The largest absolute Gasteiger partial charge is 0.456 e. The predicted octanol–water partition coefficient (Wildman–Crippen LogP) is 12.6. The van der Waals surface area contributed by atoms with Gasteiger partial charge in [-0.2, -0.15) is 0 Å². The van der Waals surface area contributed by atoms with E-state index in [2.05, 4.69) is 151 Å². The minimum atomic E-state index is -0.479. The Morgan fingerprint density at radius 2 is 1.04 bits per heavy atom. The molecule has 1 aromatic heterocycles. The first-order chi connectivity index (χ1) is 28.2. The third-order valence-electron chi connectivity index (χ3n) is 11.8. The monoisotopic (exact) mass is 747 g/mol. The van der Waals surface area contributed by atoms with E-state index in [9.17, 15) is 0 Å². The molecular formula is C52H33N3OS. The molecule has 0 amide bonds. The lowest BCUT2D eigenvalue weighted by Gasteiger charge is -2.40. The van der Waals surface area contributed by atoms with Crippen LogP contribution in [0.3, 0.4) is 0 Å². The molecule has 1 N–H and O–H groups in total. The van der Waals surface area contributed by atoms with E-state index >= 15 is 0 Å². The summed E-state index contributed by atoms with van der Waals surface area (Å²) in [4.78, 5) is 13.1. The lowest BCUT2D eigenvalue weighted by molar-refractivity contribution is 0.667. The Hall–Kier alpha value is -6.95. The minimum Gasteiger partial charge on any atom is -0.456 e. The zero-order chi connectivity index (χ0) is 37.5. The van der Waals surface area contributed by atoms with Gasteiger partial charge in [0.05, 0.1) is 5.41 Å². The number of nitrogens with one attached hydrogen (secondary N) is 1. The van der Waals surface area contributed by atoms with Crippen molar-refractivity contribution in [3.05, 3.63) is 227 Å². The van der Waals surface area contributed by atoms with Gasteiger partial charge < -0.3 is 9.73 Å². The van der Waals surface area contributed by atoms with Crippen molar-refractivity contribution < 1.29 is 4.42 Å². The van der Waals surface area contributed by atoms with Crippen LogP contribution in [-0.4, -0.2) is 11.7 Å². The lowest BCUT2D eigenvalue weighted by Crippen LogP contribution is -2.36. The van der Waals surface area contributed by atoms with Crippen LogP contribution < -0.4 is 5.32 Å². The van der Waals surface area contributed by atoms with Gasteiger partial charge in [-0.3, -0.25) is 0 Å². The fourth-order valence-electron chi connectivity index (χ4n) is 9.36. The van der Waals surface area contributed by atoms with Gasteiger partial charge in [-0.15, -0.1) is 0 Å². The predicted molar refractivity (Wildman–Crippen MR) is 232 cm³/mol. The number of rotatable bonds is 4. The molecule has 2 aliphatic heterocycles. The summed E-state index contributed by atoms with van der Waals surface area (Å²) in [5, 5.41) is 5.62. The Morgan fingerprint density at radius 1 is 0.456 bits per heavy atom. The summed E-state index contributed by atoms with van der Waals surface area (Å²) < 4.78 is 6.57. The van der Waals surface area contributed by atoms with E-state index in [1.54, 1.807) is 0 Å². The maximum absolute atomic E-state index is 6.57. The summed E-state index contributed by atoms with van der Waals surface area (Å²) >= 11 is 1.87. The van der Waals surface area contributed by atoms with Gasteiger partial charge in [0.15, 0.2) is 6.17 Å². The normalized spacial score (nSPS) is 15.0. The van der Waals surface area contributed by atoms with Gasteiger partial charge in [0, 0.05) is 37.3 Å². The first-order valence-electron chi connectivity index (χ1n) is 19.3. The maximum Gasteiger partial charge on any atom is 0.170 e. The van der Waals surface area contributed by atoms with Crippen LogP contribution in [0, 0.1) is 0 Å². The number of nitrogens with zero attached hydrogens (tertiary/aromatic N) is 2. The molecule has 0 bridgehead atoms. The molecular weight excluding hydrogens is 715 g/mol. The molecule has 0 saturated carbocycles. The third kappa shape index (κ3) is 4.82. The highest BCUT2D eigenvalue weighted by atomic mass is 32.2. The van der Waals surface area contributed by atoms with Crippen LogP contribution >= 0.6 is 11.8 Å². The Balaban J connectivity index is 1.04. The van der Waals surface area contributed by atoms with Gasteiger partial charge in [-0.1, -0.05) is 163 Å². The summed E-state index contributed by atoms with van der Waals surface area (Å²) in [6.45, 7) is 0. The zero-order valence-corrected chi connectivity index (χ0v) is 31.5. The highest BCUT2D eigenvalue weighted by Crippen LogP contribution is 2.62. The van der Waals surface area contributed by atoms with Crippen molar-refractivity contribution in [1.29, 1.82) is 0 Å². The lowest BCUT2D eigenvalue weighted by atomic mass is 9.67. The smallest absolute Gasteiger partial charge is 0.170 e. The van der Waals surface area contributed by atoms with E-state index < -0.39 is 11.6 Å². The van der Waals surface area contributed by atoms with Gasteiger partial charge in [0.1, 0.15) is 22.8 Å². The standard InChI is InChI=1S/C52H33N3OS/c1-3-14-32(15-4-1)49-53-50(33-16-5-2-6-17-33)55-51(54-49)38-20-13-24-45-48(38)39-30-34(26-28-44(39)56-45)35-27-29-47-43(31-35)52(42-23-11-12-25-46(42)57-47)40-21-9-7-18-36(40)37-19-8-10-22-41(37)52/h1-31,51H,(H,53,54,55). The number of aliphatic imine (C=N–C) groups is 2. The molecule has 0 unspecified atom stereocenters. The fourth-order valence-corrected chi connectivity index (χ4v) is 10.5. The zero-order valence-electron chi connectivity index (χ0n) is 30.7. The molecule has 5 heteroatoms. The van der Waals surface area contributed by atoms with Gasteiger partial charge in [0.25, 0.3) is 0 Å². The van der Waals surface area contributed by atoms with E-state index in [0.717, 1.165) is 55.9 Å². The number of fused-ring (bicyclic) bond motifs is 12.